The number of hydrogen-bond donors (Lipinski definition) is 2. The Morgan fingerprint density at radius 3 is 2.58 bits per heavy atom. The van der Waals surface area contributed by atoms with Gasteiger partial charge in [-0.15, -0.1) is 0 Å². The number of unbranched alkanes of at least 4 members (excludes halogenated alkanes) is 1. The van der Waals surface area contributed by atoms with Gasteiger partial charge in [-0.1, -0.05) is 13.3 Å². The van der Waals surface area contributed by atoms with Crippen molar-refractivity contribution in [3.8, 4) is 5.75 Å². The number of nitrogens with one attached hydrogen (secondary N) is 1. The first-order chi connectivity index (χ1) is 9.04. The van der Waals surface area contributed by atoms with Crippen LogP contribution in [0.5, 0.6) is 5.75 Å². The molecule has 0 saturated heterocycles. The molecule has 0 saturated carbocycles. The molecule has 0 aromatic heterocycles. The van der Waals surface area contributed by atoms with E-state index in [4.69, 9.17) is 10.5 Å². The van der Waals surface area contributed by atoms with E-state index < -0.39 is 0 Å². The molecule has 0 unspecified atom stereocenters. The van der Waals surface area contributed by atoms with Gasteiger partial charge in [-0.2, -0.15) is 5.10 Å². The molecule has 5 heteroatoms. The van der Waals surface area contributed by atoms with Crippen LogP contribution in [-0.2, 0) is 0 Å². The largest absolute Gasteiger partial charge is 0.494 e. The number of benzene rings is 1. The summed E-state index contributed by atoms with van der Waals surface area (Å²) < 4.78 is 5.70. The average molecular weight is 279 g/mol. The summed E-state index contributed by atoms with van der Waals surface area (Å²) in [6.07, 6.45) is 3.92. The number of rotatable bonds is 6. The van der Waals surface area contributed by atoms with Gasteiger partial charge in [0, 0.05) is 5.56 Å². The van der Waals surface area contributed by atoms with Crippen molar-refractivity contribution in [3.05, 3.63) is 28.8 Å². The molecule has 0 atom stereocenters. The summed E-state index contributed by atoms with van der Waals surface area (Å²) >= 11 is 4.69. The molecule has 0 spiro atoms. The first-order valence-corrected chi connectivity index (χ1v) is 6.78. The second-order valence-corrected chi connectivity index (χ2v) is 4.85. The number of nitrogens with two attached hydrogens (primary N) is 1. The van der Waals surface area contributed by atoms with Gasteiger partial charge in [0.2, 0.25) is 0 Å². The van der Waals surface area contributed by atoms with Crippen LogP contribution in [0.15, 0.2) is 17.2 Å². The molecule has 1 aromatic carbocycles. The van der Waals surface area contributed by atoms with E-state index >= 15 is 0 Å². The molecule has 0 radical (unpaired) electrons. The highest BCUT2D eigenvalue weighted by atomic mass is 32.1. The summed E-state index contributed by atoms with van der Waals surface area (Å²) in [5.74, 6) is 0.905. The standard InChI is InChI=1S/C14H21N3OS/c1-4-5-6-18-12-7-10(2)13(11(3)8-12)9-16-17-14(15)19/h7-9H,4-6H2,1-3H3,(H3,15,17,19). The van der Waals surface area contributed by atoms with Crippen molar-refractivity contribution in [2.45, 2.75) is 33.6 Å². The maximum absolute atomic E-state index is 5.70. The van der Waals surface area contributed by atoms with E-state index in [1.54, 1.807) is 6.21 Å². The van der Waals surface area contributed by atoms with Crippen LogP contribution in [0.1, 0.15) is 36.5 Å². The molecular weight excluding hydrogens is 258 g/mol. The minimum Gasteiger partial charge on any atom is -0.494 e. The first-order valence-electron chi connectivity index (χ1n) is 6.37. The Morgan fingerprint density at radius 2 is 2.05 bits per heavy atom. The fourth-order valence-electron chi connectivity index (χ4n) is 1.72. The molecular formula is C14H21N3OS. The topological polar surface area (TPSA) is 59.6 Å². The third-order valence-corrected chi connectivity index (χ3v) is 2.79. The fourth-order valence-corrected chi connectivity index (χ4v) is 1.77. The second-order valence-electron chi connectivity index (χ2n) is 4.41. The van der Waals surface area contributed by atoms with Crippen molar-refractivity contribution in [3.63, 3.8) is 0 Å². The number of hydrazone groups is 1. The molecule has 0 fully saturated rings. The van der Waals surface area contributed by atoms with Crippen LogP contribution in [-0.4, -0.2) is 17.9 Å². The first kappa shape index (κ1) is 15.4. The third-order valence-electron chi connectivity index (χ3n) is 2.70. The van der Waals surface area contributed by atoms with Crippen molar-refractivity contribution in [1.29, 1.82) is 0 Å². The van der Waals surface area contributed by atoms with E-state index in [9.17, 15) is 0 Å². The van der Waals surface area contributed by atoms with E-state index in [1.165, 1.54) is 0 Å². The van der Waals surface area contributed by atoms with Gasteiger partial charge in [-0.3, -0.25) is 5.43 Å². The summed E-state index contributed by atoms with van der Waals surface area (Å²) in [6.45, 7) is 6.96. The number of nitrogens with zero attached hydrogens (tertiary/aromatic N) is 1. The zero-order chi connectivity index (χ0) is 14.3. The summed E-state index contributed by atoms with van der Waals surface area (Å²) in [6, 6.07) is 4.04. The Hall–Kier alpha value is -1.62. The Bertz CT molecular complexity index is 449. The third kappa shape index (κ3) is 5.26. The van der Waals surface area contributed by atoms with Gasteiger partial charge in [0.1, 0.15) is 5.75 Å². The van der Waals surface area contributed by atoms with Crippen molar-refractivity contribution < 1.29 is 4.74 Å². The maximum atomic E-state index is 5.70. The van der Waals surface area contributed by atoms with E-state index in [2.05, 4.69) is 29.7 Å². The lowest BCUT2D eigenvalue weighted by Gasteiger charge is -2.10. The van der Waals surface area contributed by atoms with Crippen molar-refractivity contribution >= 4 is 23.5 Å². The van der Waals surface area contributed by atoms with Crippen LogP contribution in [0.3, 0.4) is 0 Å². The van der Waals surface area contributed by atoms with Crippen LogP contribution < -0.4 is 15.9 Å². The van der Waals surface area contributed by atoms with Gasteiger partial charge in [0.05, 0.1) is 12.8 Å². The molecule has 0 aliphatic carbocycles. The molecule has 0 heterocycles. The molecule has 1 aromatic rings. The number of aryl methyl sites for hydroxylation is 2. The Morgan fingerprint density at radius 1 is 1.42 bits per heavy atom. The lowest BCUT2D eigenvalue weighted by molar-refractivity contribution is 0.309. The van der Waals surface area contributed by atoms with Crippen molar-refractivity contribution in [1.82, 2.24) is 5.43 Å². The van der Waals surface area contributed by atoms with Gasteiger partial charge >= 0.3 is 0 Å². The van der Waals surface area contributed by atoms with E-state index in [0.29, 0.717) is 0 Å². The predicted octanol–water partition coefficient (Wildman–Crippen LogP) is 2.65. The molecule has 0 aliphatic heterocycles. The molecule has 1 rings (SSSR count). The Labute approximate surface area is 120 Å². The lowest BCUT2D eigenvalue weighted by atomic mass is 10.0. The Kier molecular flexibility index (Phi) is 6.29. The van der Waals surface area contributed by atoms with E-state index in [0.717, 1.165) is 41.9 Å². The van der Waals surface area contributed by atoms with Crippen LogP contribution >= 0.6 is 12.2 Å². The minimum atomic E-state index is 0.158. The van der Waals surface area contributed by atoms with Gasteiger partial charge in [-0.05, 0) is 55.7 Å². The molecule has 3 N–H and O–H groups in total. The van der Waals surface area contributed by atoms with Gasteiger partial charge < -0.3 is 10.5 Å². The monoisotopic (exact) mass is 279 g/mol. The molecule has 4 nitrogen and oxygen atoms in total. The Balaban J connectivity index is 2.79. The van der Waals surface area contributed by atoms with Crippen LogP contribution in [0.4, 0.5) is 0 Å². The minimum absolute atomic E-state index is 0.158. The van der Waals surface area contributed by atoms with Gasteiger partial charge in [-0.25, -0.2) is 0 Å². The maximum Gasteiger partial charge on any atom is 0.184 e. The van der Waals surface area contributed by atoms with E-state index in [1.807, 2.05) is 26.0 Å². The zero-order valence-corrected chi connectivity index (χ0v) is 12.5. The highest BCUT2D eigenvalue weighted by Crippen LogP contribution is 2.20. The highest BCUT2D eigenvalue weighted by Gasteiger charge is 2.04. The highest BCUT2D eigenvalue weighted by molar-refractivity contribution is 7.80. The SMILES string of the molecule is CCCCOc1cc(C)c(C=NNC(N)=S)c(C)c1. The quantitative estimate of drug-likeness (QED) is 0.364. The summed E-state index contributed by atoms with van der Waals surface area (Å²) in [4.78, 5) is 0. The molecule has 104 valence electrons. The normalized spacial score (nSPS) is 10.7. The predicted molar refractivity (Wildman–Crippen MR) is 83.8 cm³/mol. The van der Waals surface area contributed by atoms with Crippen LogP contribution in [0.25, 0.3) is 0 Å². The van der Waals surface area contributed by atoms with E-state index in [-0.39, 0.29) is 5.11 Å². The fraction of sp³-hybridized carbons (Fsp3) is 0.429. The molecule has 19 heavy (non-hydrogen) atoms. The summed E-state index contributed by atoms with van der Waals surface area (Å²) in [5.41, 5.74) is 11.1. The average Bonchev–Trinajstić information content (AvgIpc) is 2.32. The lowest BCUT2D eigenvalue weighted by Crippen LogP contribution is -2.24. The zero-order valence-electron chi connectivity index (χ0n) is 11.7. The number of hydrogen-bond acceptors (Lipinski definition) is 3. The molecule has 0 bridgehead atoms. The second kappa shape index (κ2) is 7.74. The summed E-state index contributed by atoms with van der Waals surface area (Å²) in [7, 11) is 0. The summed E-state index contributed by atoms with van der Waals surface area (Å²) in [5, 5.41) is 4.14. The van der Waals surface area contributed by atoms with Crippen molar-refractivity contribution in [2.75, 3.05) is 6.61 Å². The van der Waals surface area contributed by atoms with Crippen molar-refractivity contribution in [2.24, 2.45) is 10.8 Å². The molecule has 0 aliphatic rings. The van der Waals surface area contributed by atoms with Crippen LogP contribution in [0, 0.1) is 13.8 Å². The number of thiocarbonyl (C=S) groups is 1. The van der Waals surface area contributed by atoms with Gasteiger partial charge in [0.15, 0.2) is 5.11 Å². The van der Waals surface area contributed by atoms with Gasteiger partial charge in [0.25, 0.3) is 0 Å². The smallest absolute Gasteiger partial charge is 0.184 e. The van der Waals surface area contributed by atoms with Crippen LogP contribution in [0.2, 0.25) is 0 Å². The number of ether oxygens (including phenoxy) is 1. The molecule has 0 amide bonds.